The number of anilines is 1. The van der Waals surface area contributed by atoms with E-state index in [9.17, 15) is 14.4 Å². The van der Waals surface area contributed by atoms with Crippen LogP contribution >= 0.6 is 0 Å². The monoisotopic (exact) mass is 458 g/mol. The molecule has 0 spiro atoms. The Morgan fingerprint density at radius 2 is 1.91 bits per heavy atom. The molecule has 10 heteroatoms. The van der Waals surface area contributed by atoms with Crippen molar-refractivity contribution in [2.24, 2.45) is 0 Å². The SMILES string of the molecule is COCCn1cnc2c1c(=O)n(CC(=O)Nc1cccc(C#N)c1)c(=O)n2Cc1ccccc1. The predicted molar refractivity (Wildman–Crippen MR) is 125 cm³/mol. The van der Waals surface area contributed by atoms with E-state index in [0.29, 0.717) is 24.4 Å². The first-order valence-corrected chi connectivity index (χ1v) is 10.5. The Kier molecular flexibility index (Phi) is 6.66. The number of benzene rings is 2. The minimum Gasteiger partial charge on any atom is -0.383 e. The van der Waals surface area contributed by atoms with Crippen LogP contribution in [0, 0.1) is 11.3 Å². The number of carbonyl (C=O) groups excluding carboxylic acids is 1. The summed E-state index contributed by atoms with van der Waals surface area (Å²) in [5, 5.41) is 11.7. The third-order valence-electron chi connectivity index (χ3n) is 5.28. The highest BCUT2D eigenvalue weighted by Crippen LogP contribution is 2.11. The van der Waals surface area contributed by atoms with Crippen LogP contribution < -0.4 is 16.6 Å². The van der Waals surface area contributed by atoms with Gasteiger partial charge in [0.1, 0.15) is 6.54 Å². The van der Waals surface area contributed by atoms with E-state index in [2.05, 4.69) is 10.3 Å². The Labute approximate surface area is 194 Å². The molecule has 4 rings (SSSR count). The number of nitrogens with one attached hydrogen (secondary N) is 1. The van der Waals surface area contributed by atoms with E-state index in [0.717, 1.165) is 10.1 Å². The number of nitrogens with zero attached hydrogens (tertiary/aromatic N) is 5. The average Bonchev–Trinajstić information content (AvgIpc) is 3.28. The van der Waals surface area contributed by atoms with Crippen LogP contribution in [0.15, 0.2) is 70.5 Å². The van der Waals surface area contributed by atoms with E-state index < -0.39 is 23.7 Å². The smallest absolute Gasteiger partial charge is 0.333 e. The molecule has 2 heterocycles. The minimum absolute atomic E-state index is 0.184. The van der Waals surface area contributed by atoms with Crippen molar-refractivity contribution < 1.29 is 9.53 Å². The van der Waals surface area contributed by atoms with Crippen LogP contribution in [-0.2, 0) is 29.2 Å². The van der Waals surface area contributed by atoms with Crippen molar-refractivity contribution in [2.45, 2.75) is 19.6 Å². The van der Waals surface area contributed by atoms with Gasteiger partial charge in [0.15, 0.2) is 11.2 Å². The minimum atomic E-state index is -0.640. The van der Waals surface area contributed by atoms with Crippen molar-refractivity contribution in [2.75, 3.05) is 19.0 Å². The maximum Gasteiger partial charge on any atom is 0.333 e. The second kappa shape index (κ2) is 9.97. The molecule has 34 heavy (non-hydrogen) atoms. The molecule has 2 aromatic carbocycles. The van der Waals surface area contributed by atoms with Gasteiger partial charge in [-0.1, -0.05) is 36.4 Å². The van der Waals surface area contributed by atoms with Gasteiger partial charge in [-0.2, -0.15) is 5.26 Å². The summed E-state index contributed by atoms with van der Waals surface area (Å²) in [6.07, 6.45) is 1.49. The lowest BCUT2D eigenvalue weighted by atomic mass is 10.2. The normalized spacial score (nSPS) is 10.8. The molecule has 0 unspecified atom stereocenters. The van der Waals surface area contributed by atoms with E-state index in [1.807, 2.05) is 36.4 Å². The first-order valence-electron chi connectivity index (χ1n) is 10.5. The highest BCUT2D eigenvalue weighted by Gasteiger charge is 2.20. The molecule has 0 bridgehead atoms. The van der Waals surface area contributed by atoms with Gasteiger partial charge in [0, 0.05) is 19.3 Å². The van der Waals surface area contributed by atoms with E-state index in [1.54, 1.807) is 29.9 Å². The molecule has 0 fully saturated rings. The zero-order valence-corrected chi connectivity index (χ0v) is 18.5. The number of imidazole rings is 1. The Balaban J connectivity index is 1.77. The van der Waals surface area contributed by atoms with Crippen molar-refractivity contribution in [3.63, 3.8) is 0 Å². The summed E-state index contributed by atoms with van der Waals surface area (Å²) in [6, 6.07) is 17.7. The summed E-state index contributed by atoms with van der Waals surface area (Å²) in [6.45, 7) is 0.398. The lowest BCUT2D eigenvalue weighted by Crippen LogP contribution is -2.43. The van der Waals surface area contributed by atoms with Crippen LogP contribution in [-0.4, -0.2) is 38.3 Å². The van der Waals surface area contributed by atoms with Crippen molar-refractivity contribution >= 4 is 22.8 Å². The first kappa shape index (κ1) is 22.7. The van der Waals surface area contributed by atoms with Gasteiger partial charge in [0.05, 0.1) is 31.1 Å². The molecule has 0 saturated heterocycles. The Morgan fingerprint density at radius 3 is 2.65 bits per heavy atom. The summed E-state index contributed by atoms with van der Waals surface area (Å²) in [5.74, 6) is -0.567. The standard InChI is InChI=1S/C24H22N6O4/c1-34-11-10-28-16-26-22-21(28)23(32)30(24(33)29(22)14-17-6-3-2-4-7-17)15-20(31)27-19-9-5-8-18(12-19)13-25/h2-9,12,16H,10-11,14-15H2,1H3,(H,27,31). The van der Waals surface area contributed by atoms with Gasteiger partial charge in [0.2, 0.25) is 5.91 Å². The summed E-state index contributed by atoms with van der Waals surface area (Å²) < 4.78 is 9.03. The Hall–Kier alpha value is -4.49. The molecular formula is C24H22N6O4. The van der Waals surface area contributed by atoms with Crippen molar-refractivity contribution in [1.82, 2.24) is 18.7 Å². The van der Waals surface area contributed by atoms with Crippen molar-refractivity contribution in [3.05, 3.63) is 92.9 Å². The molecule has 2 aromatic heterocycles. The molecule has 0 aliphatic carbocycles. The fourth-order valence-electron chi connectivity index (χ4n) is 3.66. The summed E-state index contributed by atoms with van der Waals surface area (Å²) in [7, 11) is 1.55. The topological polar surface area (TPSA) is 124 Å². The van der Waals surface area contributed by atoms with E-state index in [-0.39, 0.29) is 17.7 Å². The molecule has 0 radical (unpaired) electrons. The lowest BCUT2D eigenvalue weighted by molar-refractivity contribution is -0.116. The molecular weight excluding hydrogens is 436 g/mol. The van der Waals surface area contributed by atoms with Crippen LogP contribution in [0.5, 0.6) is 0 Å². The van der Waals surface area contributed by atoms with Crippen LogP contribution in [0.1, 0.15) is 11.1 Å². The quantitative estimate of drug-likeness (QED) is 0.427. The van der Waals surface area contributed by atoms with E-state index in [1.165, 1.54) is 17.0 Å². The fourth-order valence-corrected chi connectivity index (χ4v) is 3.66. The number of carbonyl (C=O) groups is 1. The molecule has 4 aromatic rings. The highest BCUT2D eigenvalue weighted by atomic mass is 16.5. The summed E-state index contributed by atoms with van der Waals surface area (Å²) >= 11 is 0. The van der Waals surface area contributed by atoms with Gasteiger partial charge in [0.25, 0.3) is 5.56 Å². The molecule has 172 valence electrons. The van der Waals surface area contributed by atoms with Crippen LogP contribution in [0.3, 0.4) is 0 Å². The summed E-state index contributed by atoms with van der Waals surface area (Å²) in [5.41, 5.74) is 0.829. The average molecular weight is 458 g/mol. The zero-order valence-electron chi connectivity index (χ0n) is 18.5. The summed E-state index contributed by atoms with van der Waals surface area (Å²) in [4.78, 5) is 43.7. The number of aromatic nitrogens is 4. The molecule has 0 atom stereocenters. The number of rotatable bonds is 8. The highest BCUT2D eigenvalue weighted by molar-refractivity contribution is 5.90. The van der Waals surface area contributed by atoms with Gasteiger partial charge in [-0.25, -0.2) is 14.3 Å². The largest absolute Gasteiger partial charge is 0.383 e. The third-order valence-corrected chi connectivity index (χ3v) is 5.28. The fraction of sp³-hybridized carbons (Fsp3) is 0.208. The maximum absolute atomic E-state index is 13.3. The second-order valence-electron chi connectivity index (χ2n) is 7.59. The number of methoxy groups -OCH3 is 1. The molecule has 0 saturated carbocycles. The Bertz CT molecular complexity index is 1490. The zero-order chi connectivity index (χ0) is 24.1. The number of nitriles is 1. The van der Waals surface area contributed by atoms with Gasteiger partial charge in [-0.05, 0) is 23.8 Å². The van der Waals surface area contributed by atoms with Crippen LogP contribution in [0.2, 0.25) is 0 Å². The maximum atomic E-state index is 13.3. The second-order valence-corrected chi connectivity index (χ2v) is 7.59. The van der Waals surface area contributed by atoms with Crippen LogP contribution in [0.25, 0.3) is 11.2 Å². The van der Waals surface area contributed by atoms with E-state index >= 15 is 0 Å². The van der Waals surface area contributed by atoms with Gasteiger partial charge in [-0.3, -0.25) is 14.2 Å². The van der Waals surface area contributed by atoms with Crippen molar-refractivity contribution in [3.8, 4) is 6.07 Å². The number of amides is 1. The third kappa shape index (κ3) is 4.65. The number of hydrogen-bond donors (Lipinski definition) is 1. The van der Waals surface area contributed by atoms with Crippen molar-refractivity contribution in [1.29, 1.82) is 5.26 Å². The molecule has 1 amide bonds. The van der Waals surface area contributed by atoms with Gasteiger partial charge >= 0.3 is 5.69 Å². The first-order chi connectivity index (χ1) is 16.5. The van der Waals surface area contributed by atoms with Gasteiger partial charge < -0.3 is 14.6 Å². The lowest BCUT2D eigenvalue weighted by Gasteiger charge is -2.13. The number of hydrogen-bond acceptors (Lipinski definition) is 6. The predicted octanol–water partition coefficient (Wildman–Crippen LogP) is 1.56. The molecule has 0 aliphatic rings. The number of ether oxygens (including phenoxy) is 1. The molecule has 10 nitrogen and oxygen atoms in total. The van der Waals surface area contributed by atoms with Crippen LogP contribution in [0.4, 0.5) is 5.69 Å². The molecule has 0 aliphatic heterocycles. The van der Waals surface area contributed by atoms with Gasteiger partial charge in [-0.15, -0.1) is 0 Å². The number of fused-ring (bicyclic) bond motifs is 1. The Morgan fingerprint density at radius 1 is 1.12 bits per heavy atom. The molecule has 1 N–H and O–H groups in total. The van der Waals surface area contributed by atoms with E-state index in [4.69, 9.17) is 10.00 Å².